The van der Waals surface area contributed by atoms with Gasteiger partial charge in [0.15, 0.2) is 0 Å². The predicted octanol–water partition coefficient (Wildman–Crippen LogP) is 1.81. The molecule has 12 nitrogen and oxygen atoms in total. The van der Waals surface area contributed by atoms with Crippen molar-refractivity contribution in [3.63, 3.8) is 0 Å². The van der Waals surface area contributed by atoms with E-state index >= 15 is 0 Å². The highest BCUT2D eigenvalue weighted by Gasteiger charge is 2.32. The molecule has 1 fully saturated rings. The van der Waals surface area contributed by atoms with Crippen LogP contribution in [0.3, 0.4) is 0 Å². The Morgan fingerprint density at radius 1 is 1.25 bits per heavy atom. The quantitative estimate of drug-likeness (QED) is 0.196. The third kappa shape index (κ3) is 6.24. The second kappa shape index (κ2) is 11.2. The SMILES string of the molecule is Cn1cc(Nc2nccc(-c3ccc4c(c3)CCN(C3COC3)CC4NC(=O)/C(N)=C/N(N)C(C)(C)C)n2)cn1. The zero-order valence-electron chi connectivity index (χ0n) is 23.5. The van der Waals surface area contributed by atoms with Crippen LogP contribution in [-0.4, -0.2) is 73.4 Å². The van der Waals surface area contributed by atoms with E-state index in [0.717, 1.165) is 41.0 Å². The average Bonchev–Trinajstić information content (AvgIpc) is 3.20. The number of amides is 1. The molecule has 2 aliphatic heterocycles. The number of aromatic nitrogens is 4. The van der Waals surface area contributed by atoms with Gasteiger partial charge in [-0.2, -0.15) is 5.10 Å². The van der Waals surface area contributed by atoms with Crippen molar-refractivity contribution in [1.29, 1.82) is 0 Å². The Labute approximate surface area is 234 Å². The molecule has 2 aliphatic rings. The third-order valence-electron chi connectivity index (χ3n) is 7.27. The van der Waals surface area contributed by atoms with E-state index < -0.39 is 0 Å². The van der Waals surface area contributed by atoms with Crippen molar-refractivity contribution in [2.45, 2.75) is 44.8 Å². The van der Waals surface area contributed by atoms with Crippen LogP contribution in [0, 0.1) is 0 Å². The molecular formula is C28H38N10O2. The number of anilines is 2. The fraction of sp³-hybridized carbons (Fsp3) is 0.429. The van der Waals surface area contributed by atoms with Crippen LogP contribution in [0.15, 0.2) is 54.8 Å². The van der Waals surface area contributed by atoms with Gasteiger partial charge in [-0.15, -0.1) is 0 Å². The maximum absolute atomic E-state index is 13.2. The van der Waals surface area contributed by atoms with Crippen LogP contribution in [0.5, 0.6) is 0 Å². The maximum Gasteiger partial charge on any atom is 0.269 e. The predicted molar refractivity (Wildman–Crippen MR) is 153 cm³/mol. The van der Waals surface area contributed by atoms with Gasteiger partial charge < -0.3 is 26.1 Å². The second-order valence-electron chi connectivity index (χ2n) is 11.3. The lowest BCUT2D eigenvalue weighted by Crippen LogP contribution is -2.52. The third-order valence-corrected chi connectivity index (χ3v) is 7.27. The molecule has 6 N–H and O–H groups in total. The first-order valence-corrected chi connectivity index (χ1v) is 13.4. The van der Waals surface area contributed by atoms with E-state index in [1.807, 2.05) is 46.1 Å². The summed E-state index contributed by atoms with van der Waals surface area (Å²) in [4.78, 5) is 24.6. The molecule has 40 heavy (non-hydrogen) atoms. The highest BCUT2D eigenvalue weighted by atomic mass is 16.5. The summed E-state index contributed by atoms with van der Waals surface area (Å²) in [6, 6.07) is 8.26. The number of nitrogens with one attached hydrogen (secondary N) is 2. The molecule has 5 rings (SSSR count). The Balaban J connectivity index is 1.40. The minimum atomic E-state index is -0.369. The van der Waals surface area contributed by atoms with Gasteiger partial charge in [-0.3, -0.25) is 14.4 Å². The number of ether oxygens (including phenoxy) is 1. The zero-order chi connectivity index (χ0) is 28.4. The minimum absolute atomic E-state index is 0.0630. The van der Waals surface area contributed by atoms with Crippen LogP contribution in [0.4, 0.5) is 11.6 Å². The van der Waals surface area contributed by atoms with Gasteiger partial charge >= 0.3 is 0 Å². The van der Waals surface area contributed by atoms with Crippen molar-refractivity contribution in [1.82, 2.24) is 35.0 Å². The topological polar surface area (TPSA) is 152 Å². The van der Waals surface area contributed by atoms with E-state index in [0.29, 0.717) is 31.7 Å². The van der Waals surface area contributed by atoms with E-state index in [4.69, 9.17) is 21.3 Å². The number of hydrazine groups is 1. The number of nitrogens with two attached hydrogens (primary N) is 2. The van der Waals surface area contributed by atoms with Crippen molar-refractivity contribution in [3.8, 4) is 11.3 Å². The van der Waals surface area contributed by atoms with Crippen molar-refractivity contribution < 1.29 is 9.53 Å². The van der Waals surface area contributed by atoms with Gasteiger partial charge in [-0.05, 0) is 50.5 Å². The molecule has 212 valence electrons. The van der Waals surface area contributed by atoms with Crippen LogP contribution < -0.4 is 22.2 Å². The van der Waals surface area contributed by atoms with Gasteiger partial charge in [-0.1, -0.05) is 12.1 Å². The van der Waals surface area contributed by atoms with E-state index in [-0.39, 0.29) is 23.2 Å². The number of benzene rings is 1. The molecular weight excluding hydrogens is 508 g/mol. The van der Waals surface area contributed by atoms with Crippen molar-refractivity contribution in [2.24, 2.45) is 18.6 Å². The lowest BCUT2D eigenvalue weighted by molar-refractivity contribution is -0.118. The Bertz CT molecular complexity index is 1390. The normalized spacial score (nSPS) is 18.4. The van der Waals surface area contributed by atoms with Gasteiger partial charge in [0, 0.05) is 49.8 Å². The number of carbonyl (C=O) groups excluding carboxylic acids is 1. The molecule has 1 atom stereocenters. The summed E-state index contributed by atoms with van der Waals surface area (Å²) in [5, 5.41) is 12.0. The summed E-state index contributed by atoms with van der Waals surface area (Å²) in [5.41, 5.74) is 10.7. The smallest absolute Gasteiger partial charge is 0.269 e. The van der Waals surface area contributed by atoms with E-state index in [1.165, 1.54) is 11.2 Å². The van der Waals surface area contributed by atoms with Crippen LogP contribution in [0.25, 0.3) is 11.3 Å². The Kier molecular flexibility index (Phi) is 7.74. The number of rotatable bonds is 7. The Morgan fingerprint density at radius 3 is 2.73 bits per heavy atom. The number of hydrogen-bond acceptors (Lipinski definition) is 10. The molecule has 4 heterocycles. The first-order chi connectivity index (χ1) is 19.1. The van der Waals surface area contributed by atoms with Crippen molar-refractivity contribution in [2.75, 3.05) is 31.6 Å². The second-order valence-corrected chi connectivity index (χ2v) is 11.3. The van der Waals surface area contributed by atoms with E-state index in [1.54, 1.807) is 17.1 Å². The molecule has 12 heteroatoms. The monoisotopic (exact) mass is 546 g/mol. The number of carbonyl (C=O) groups is 1. The van der Waals surface area contributed by atoms with Crippen LogP contribution in [-0.2, 0) is 23.0 Å². The zero-order valence-corrected chi connectivity index (χ0v) is 23.5. The highest BCUT2D eigenvalue weighted by Crippen LogP contribution is 2.30. The van der Waals surface area contributed by atoms with Gasteiger partial charge in [0.05, 0.1) is 42.9 Å². The number of aryl methyl sites for hydroxylation is 1. The molecule has 0 spiro atoms. The molecule has 1 amide bonds. The lowest BCUT2D eigenvalue weighted by atomic mass is 9.96. The largest absolute Gasteiger partial charge is 0.393 e. The van der Waals surface area contributed by atoms with Crippen molar-refractivity contribution in [3.05, 3.63) is 65.9 Å². The van der Waals surface area contributed by atoms with Crippen LogP contribution in [0.1, 0.15) is 37.9 Å². The van der Waals surface area contributed by atoms with E-state index in [9.17, 15) is 4.79 Å². The molecule has 3 aromatic rings. The average molecular weight is 547 g/mol. The fourth-order valence-corrected chi connectivity index (χ4v) is 4.74. The summed E-state index contributed by atoms with van der Waals surface area (Å²) < 4.78 is 7.18. The molecule has 0 aliphatic carbocycles. The van der Waals surface area contributed by atoms with Gasteiger partial charge in [0.25, 0.3) is 5.91 Å². The summed E-state index contributed by atoms with van der Waals surface area (Å²) in [6.07, 6.45) is 7.65. The number of nitrogens with zero attached hydrogens (tertiary/aromatic N) is 6. The molecule has 0 radical (unpaired) electrons. The van der Waals surface area contributed by atoms with Gasteiger partial charge in [0.2, 0.25) is 5.95 Å². The maximum atomic E-state index is 13.2. The first kappa shape index (κ1) is 27.6. The molecule has 2 aromatic heterocycles. The number of fused-ring (bicyclic) bond motifs is 1. The standard InChI is InChI=1S/C28H38N10O2/c1-28(2,3)38(30)14-23(29)26(39)34-25-15-37(21-16-40-17-21)10-8-18-11-19(5-6-22(18)25)24-7-9-31-27(35-24)33-20-12-32-36(4)13-20/h5-7,9,11-14,21,25H,8,10,15-17,29-30H2,1-4H3,(H,34,39)(H,31,33,35)/b23-14-. The van der Waals surface area contributed by atoms with Crippen LogP contribution in [0.2, 0.25) is 0 Å². The highest BCUT2D eigenvalue weighted by molar-refractivity contribution is 5.92. The van der Waals surface area contributed by atoms with Crippen molar-refractivity contribution >= 4 is 17.5 Å². The minimum Gasteiger partial charge on any atom is -0.393 e. The molecule has 1 aromatic carbocycles. The van der Waals surface area contributed by atoms with Gasteiger partial charge in [0.1, 0.15) is 5.70 Å². The summed E-state index contributed by atoms with van der Waals surface area (Å²) in [6.45, 7) is 8.77. The molecule has 0 saturated carbocycles. The van der Waals surface area contributed by atoms with E-state index in [2.05, 4.69) is 37.7 Å². The summed E-state index contributed by atoms with van der Waals surface area (Å²) in [7, 11) is 1.86. The van der Waals surface area contributed by atoms with Gasteiger partial charge in [-0.25, -0.2) is 15.8 Å². The Morgan fingerprint density at radius 2 is 2.05 bits per heavy atom. The first-order valence-electron chi connectivity index (χ1n) is 13.4. The molecule has 1 saturated heterocycles. The molecule has 0 bridgehead atoms. The lowest BCUT2D eigenvalue weighted by Gasteiger charge is -2.38. The number of hydrogen-bond donors (Lipinski definition) is 4. The fourth-order valence-electron chi connectivity index (χ4n) is 4.74. The van der Waals surface area contributed by atoms with Crippen LogP contribution >= 0.6 is 0 Å². The Hall–Kier alpha value is -4.00. The summed E-state index contributed by atoms with van der Waals surface area (Å²) >= 11 is 0. The molecule has 1 unspecified atom stereocenters. The summed E-state index contributed by atoms with van der Waals surface area (Å²) in [5.74, 6) is 6.23.